The van der Waals surface area contributed by atoms with Crippen LogP contribution in [0, 0.1) is 5.92 Å². The highest BCUT2D eigenvalue weighted by atomic mass is 35.5. The first kappa shape index (κ1) is 15.0. The summed E-state index contributed by atoms with van der Waals surface area (Å²) in [4.78, 5) is 12.0. The molecule has 5 nitrogen and oxygen atoms in total. The van der Waals surface area contributed by atoms with Gasteiger partial charge in [0, 0.05) is 32.6 Å². The van der Waals surface area contributed by atoms with Gasteiger partial charge in [-0.05, 0) is 12.0 Å². The third kappa shape index (κ3) is 3.23. The number of halogens is 1. The number of hydrogen-bond donors (Lipinski definition) is 2. The van der Waals surface area contributed by atoms with Crippen LogP contribution >= 0.6 is 12.4 Å². The molecule has 1 aliphatic rings. The Labute approximate surface area is 114 Å². The minimum Gasteiger partial charge on any atom is -0.350 e. The highest BCUT2D eigenvalue weighted by Gasteiger charge is 2.19. The normalized spacial score (nSPS) is 15.1. The molecule has 6 heteroatoms. The summed E-state index contributed by atoms with van der Waals surface area (Å²) >= 11 is 0. The molecule has 0 radical (unpaired) electrons. The van der Waals surface area contributed by atoms with Crippen LogP contribution in [0.25, 0.3) is 0 Å². The molecule has 1 aromatic heterocycles. The lowest BCUT2D eigenvalue weighted by molar-refractivity contribution is 0.0933. The number of aryl methyl sites for hydroxylation is 1. The van der Waals surface area contributed by atoms with Gasteiger partial charge >= 0.3 is 0 Å². The van der Waals surface area contributed by atoms with E-state index in [4.69, 9.17) is 0 Å². The quantitative estimate of drug-likeness (QED) is 0.857. The lowest BCUT2D eigenvalue weighted by Gasteiger charge is -2.26. The largest absolute Gasteiger partial charge is 0.350 e. The molecule has 0 aliphatic carbocycles. The number of nitrogens with one attached hydrogen (secondary N) is 2. The van der Waals surface area contributed by atoms with Crippen LogP contribution in [0.1, 0.15) is 35.9 Å². The van der Waals surface area contributed by atoms with Gasteiger partial charge in [0.25, 0.3) is 5.91 Å². The van der Waals surface area contributed by atoms with E-state index in [1.54, 1.807) is 4.68 Å². The highest BCUT2D eigenvalue weighted by molar-refractivity contribution is 5.92. The molecule has 102 valence electrons. The molecule has 0 spiro atoms. The lowest BCUT2D eigenvalue weighted by atomic mass is 10.0. The van der Waals surface area contributed by atoms with Crippen LogP contribution in [0.5, 0.6) is 0 Å². The molecule has 0 aromatic carbocycles. The minimum absolute atomic E-state index is 0. The van der Waals surface area contributed by atoms with Crippen molar-refractivity contribution >= 4 is 18.3 Å². The fourth-order valence-corrected chi connectivity index (χ4v) is 1.80. The number of rotatable bonds is 4. The van der Waals surface area contributed by atoms with Crippen molar-refractivity contribution in [3.8, 4) is 0 Å². The third-order valence-corrected chi connectivity index (χ3v) is 3.14. The second-order valence-corrected chi connectivity index (χ2v) is 4.97. The summed E-state index contributed by atoms with van der Waals surface area (Å²) < 4.78 is 1.66. The van der Waals surface area contributed by atoms with Crippen molar-refractivity contribution in [2.75, 3.05) is 19.6 Å². The second kappa shape index (κ2) is 6.20. The summed E-state index contributed by atoms with van der Waals surface area (Å²) in [5, 5.41) is 10.5. The van der Waals surface area contributed by atoms with Gasteiger partial charge in [-0.1, -0.05) is 13.8 Å². The van der Waals surface area contributed by atoms with Crippen LogP contribution in [0.2, 0.25) is 0 Å². The van der Waals surface area contributed by atoms with Gasteiger partial charge < -0.3 is 10.6 Å². The average Bonchev–Trinajstić information content (AvgIpc) is 2.58. The number of carbonyl (C=O) groups is 1. The first-order valence-electron chi connectivity index (χ1n) is 6.10. The van der Waals surface area contributed by atoms with Gasteiger partial charge in [0.1, 0.15) is 5.69 Å². The van der Waals surface area contributed by atoms with Crippen molar-refractivity contribution in [2.24, 2.45) is 13.0 Å². The van der Waals surface area contributed by atoms with Crippen molar-refractivity contribution < 1.29 is 4.79 Å². The van der Waals surface area contributed by atoms with Gasteiger partial charge in [-0.3, -0.25) is 9.48 Å². The molecule has 2 rings (SSSR count). The zero-order valence-corrected chi connectivity index (χ0v) is 11.9. The number of nitrogens with zero attached hydrogens (tertiary/aromatic N) is 2. The van der Waals surface area contributed by atoms with Crippen LogP contribution in [-0.4, -0.2) is 35.3 Å². The number of amides is 1. The van der Waals surface area contributed by atoms with E-state index < -0.39 is 0 Å². The van der Waals surface area contributed by atoms with E-state index in [0.717, 1.165) is 25.3 Å². The highest BCUT2D eigenvalue weighted by Crippen LogP contribution is 2.13. The molecular weight excluding hydrogens is 252 g/mol. The molecule has 1 saturated heterocycles. The summed E-state index contributed by atoms with van der Waals surface area (Å²) in [5.41, 5.74) is 1.60. The second-order valence-electron chi connectivity index (χ2n) is 4.97. The smallest absolute Gasteiger partial charge is 0.269 e. The van der Waals surface area contributed by atoms with Gasteiger partial charge in [0.05, 0.1) is 5.69 Å². The van der Waals surface area contributed by atoms with Crippen molar-refractivity contribution in [3.05, 3.63) is 17.5 Å². The first-order chi connectivity index (χ1) is 8.08. The summed E-state index contributed by atoms with van der Waals surface area (Å²) in [5.74, 6) is 0.897. The van der Waals surface area contributed by atoms with Gasteiger partial charge in [-0.25, -0.2) is 0 Å². The fraction of sp³-hybridized carbons (Fsp3) is 0.667. The number of hydrogen-bond acceptors (Lipinski definition) is 3. The molecule has 1 amide bonds. The zero-order chi connectivity index (χ0) is 12.4. The Hall–Kier alpha value is -1.07. The van der Waals surface area contributed by atoms with E-state index in [2.05, 4.69) is 29.6 Å². The predicted octanol–water partition coefficient (Wildman–Crippen LogP) is 0.914. The van der Waals surface area contributed by atoms with E-state index in [1.165, 1.54) is 0 Å². The monoisotopic (exact) mass is 272 g/mol. The van der Waals surface area contributed by atoms with Crippen LogP contribution in [0.15, 0.2) is 6.07 Å². The maximum atomic E-state index is 12.0. The Bertz CT molecular complexity index is 412. The summed E-state index contributed by atoms with van der Waals surface area (Å²) in [6, 6.07) is 1.87. The van der Waals surface area contributed by atoms with Gasteiger partial charge in [0.2, 0.25) is 0 Å². The molecule has 2 heterocycles. The molecule has 18 heavy (non-hydrogen) atoms. The minimum atomic E-state index is -0.0289. The fourth-order valence-electron chi connectivity index (χ4n) is 1.80. The summed E-state index contributed by atoms with van der Waals surface area (Å²) in [7, 11) is 1.81. The molecule has 1 aromatic rings. The van der Waals surface area contributed by atoms with Crippen LogP contribution in [-0.2, 0) is 7.05 Å². The molecule has 2 N–H and O–H groups in total. The van der Waals surface area contributed by atoms with E-state index in [9.17, 15) is 4.79 Å². The molecule has 0 saturated carbocycles. The standard InChI is InChI=1S/C12H20N4O.ClH/c1-8(2)10-4-11(16(3)15-10)12(17)14-7-9-5-13-6-9;/h4,8-9,13H,5-7H2,1-3H3,(H,14,17);1H. The van der Waals surface area contributed by atoms with Crippen molar-refractivity contribution in [1.82, 2.24) is 20.4 Å². The number of carbonyl (C=O) groups excluding carboxylic acids is 1. The molecule has 0 atom stereocenters. The van der Waals surface area contributed by atoms with E-state index in [0.29, 0.717) is 17.5 Å². The maximum Gasteiger partial charge on any atom is 0.269 e. The van der Waals surface area contributed by atoms with Crippen molar-refractivity contribution in [1.29, 1.82) is 0 Å². The SMILES string of the molecule is CC(C)c1cc(C(=O)NCC2CNC2)n(C)n1.Cl. The molecule has 1 fully saturated rings. The Kier molecular flexibility index (Phi) is 5.16. The van der Waals surface area contributed by atoms with E-state index in [-0.39, 0.29) is 18.3 Å². The number of aromatic nitrogens is 2. The Morgan fingerprint density at radius 1 is 1.61 bits per heavy atom. The summed E-state index contributed by atoms with van der Waals surface area (Å²) in [6.07, 6.45) is 0. The Morgan fingerprint density at radius 3 is 2.72 bits per heavy atom. The molecule has 0 bridgehead atoms. The molecular formula is C12H21ClN4O. The van der Waals surface area contributed by atoms with Crippen LogP contribution in [0.4, 0.5) is 0 Å². The van der Waals surface area contributed by atoms with Crippen LogP contribution < -0.4 is 10.6 Å². The summed E-state index contributed by atoms with van der Waals surface area (Å²) in [6.45, 7) is 6.90. The Morgan fingerprint density at radius 2 is 2.28 bits per heavy atom. The van der Waals surface area contributed by atoms with Gasteiger partial charge in [-0.15, -0.1) is 12.4 Å². The molecule has 1 aliphatic heterocycles. The topological polar surface area (TPSA) is 59.0 Å². The van der Waals surface area contributed by atoms with E-state index >= 15 is 0 Å². The maximum absolute atomic E-state index is 12.0. The van der Waals surface area contributed by atoms with Crippen molar-refractivity contribution in [3.63, 3.8) is 0 Å². The van der Waals surface area contributed by atoms with E-state index in [1.807, 2.05) is 13.1 Å². The van der Waals surface area contributed by atoms with Crippen LogP contribution in [0.3, 0.4) is 0 Å². The predicted molar refractivity (Wildman–Crippen MR) is 73.2 cm³/mol. The first-order valence-corrected chi connectivity index (χ1v) is 6.10. The lowest BCUT2D eigenvalue weighted by Crippen LogP contribution is -2.48. The van der Waals surface area contributed by atoms with Gasteiger partial charge in [-0.2, -0.15) is 5.10 Å². The third-order valence-electron chi connectivity index (χ3n) is 3.14. The Balaban J connectivity index is 0.00000162. The zero-order valence-electron chi connectivity index (χ0n) is 11.1. The average molecular weight is 273 g/mol. The molecule has 0 unspecified atom stereocenters. The van der Waals surface area contributed by atoms with Crippen molar-refractivity contribution in [2.45, 2.75) is 19.8 Å². The van der Waals surface area contributed by atoms with Gasteiger partial charge in [0.15, 0.2) is 0 Å².